The Hall–Kier alpha value is -0.790. The van der Waals surface area contributed by atoms with E-state index in [1.807, 2.05) is 0 Å². The van der Waals surface area contributed by atoms with Crippen LogP contribution >= 0.6 is 0 Å². The van der Waals surface area contributed by atoms with Crippen LogP contribution in [-0.4, -0.2) is 4.57 Å². The highest BCUT2D eigenvalue weighted by Crippen LogP contribution is 2.15. The molecule has 1 aromatic heterocycles. The van der Waals surface area contributed by atoms with Gasteiger partial charge in [-0.2, -0.15) is 0 Å². The maximum absolute atomic E-state index is 2.61. The summed E-state index contributed by atoms with van der Waals surface area (Å²) in [5, 5.41) is 0. The number of aryl methyl sites for hydroxylation is 2. The van der Waals surface area contributed by atoms with Crippen molar-refractivity contribution in [2.75, 3.05) is 0 Å². The summed E-state index contributed by atoms with van der Waals surface area (Å²) in [6.45, 7) is 9.40. The van der Waals surface area contributed by atoms with E-state index in [1.54, 1.807) is 5.82 Å². The summed E-state index contributed by atoms with van der Waals surface area (Å²) in [7, 11) is 0. The van der Waals surface area contributed by atoms with Gasteiger partial charge in [-0.15, -0.1) is 0 Å². The van der Waals surface area contributed by atoms with Crippen LogP contribution < -0.4 is 4.57 Å². The minimum absolute atomic E-state index is 1.23. The van der Waals surface area contributed by atoms with E-state index in [2.05, 4.69) is 42.3 Å². The summed E-state index contributed by atoms with van der Waals surface area (Å²) in [5.74, 6) is 1.60. The maximum Gasteiger partial charge on any atom is 0.256 e. The van der Waals surface area contributed by atoms with Crippen LogP contribution in [0.4, 0.5) is 0 Å². The Morgan fingerprint density at radius 3 is 1.20 bits per heavy atom. The predicted octanol–water partition coefficient (Wildman–Crippen LogP) is 12.7. The van der Waals surface area contributed by atoms with Gasteiger partial charge in [-0.3, -0.25) is 0 Å². The lowest BCUT2D eigenvalue weighted by Crippen LogP contribution is -2.37. The van der Waals surface area contributed by atoms with E-state index in [0.717, 1.165) is 0 Å². The van der Waals surface area contributed by atoms with E-state index in [4.69, 9.17) is 0 Å². The van der Waals surface area contributed by atoms with E-state index in [9.17, 15) is 0 Å². The zero-order valence-corrected chi connectivity index (χ0v) is 28.2. The molecule has 236 valence electrons. The first-order chi connectivity index (χ1) is 19.8. The minimum Gasteiger partial charge on any atom is -0.234 e. The third kappa shape index (κ3) is 21.9. The quantitative estimate of drug-likeness (QED) is 0.0613. The van der Waals surface area contributed by atoms with Gasteiger partial charge in [0.15, 0.2) is 0 Å². The van der Waals surface area contributed by atoms with Crippen molar-refractivity contribution in [1.82, 2.24) is 4.57 Å². The zero-order valence-electron chi connectivity index (χ0n) is 28.2. The van der Waals surface area contributed by atoms with Gasteiger partial charge in [0.25, 0.3) is 5.82 Å². The predicted molar refractivity (Wildman–Crippen MR) is 179 cm³/mol. The van der Waals surface area contributed by atoms with Crippen LogP contribution in [0.1, 0.15) is 213 Å². The Morgan fingerprint density at radius 1 is 0.425 bits per heavy atom. The maximum atomic E-state index is 2.61. The van der Waals surface area contributed by atoms with Gasteiger partial charge in [-0.25, -0.2) is 9.13 Å². The molecule has 0 aromatic carbocycles. The molecular weight excluding hydrogens is 484 g/mol. The summed E-state index contributed by atoms with van der Waals surface area (Å²) >= 11 is 0. The van der Waals surface area contributed by atoms with Crippen LogP contribution in [0.15, 0.2) is 12.4 Å². The molecule has 1 rings (SSSR count). The van der Waals surface area contributed by atoms with Crippen molar-refractivity contribution >= 4 is 0 Å². The molecule has 0 aliphatic heterocycles. The lowest BCUT2D eigenvalue weighted by molar-refractivity contribution is -0.704. The third-order valence-corrected chi connectivity index (χ3v) is 9.10. The fraction of sp³-hybridized carbons (Fsp3) is 0.921. The van der Waals surface area contributed by atoms with Crippen LogP contribution in [0.3, 0.4) is 0 Å². The SMILES string of the molecule is CCCCCCCCCCCCCCCCCCCn1cc[n+](CCCCCCCCCCC)c1CCCCC. The van der Waals surface area contributed by atoms with Gasteiger partial charge < -0.3 is 0 Å². The summed E-state index contributed by atoms with van der Waals surface area (Å²) < 4.78 is 5.21. The van der Waals surface area contributed by atoms with Crippen molar-refractivity contribution in [1.29, 1.82) is 0 Å². The Morgan fingerprint density at radius 2 is 0.775 bits per heavy atom. The van der Waals surface area contributed by atoms with Gasteiger partial charge in [-0.1, -0.05) is 175 Å². The average molecular weight is 560 g/mol. The van der Waals surface area contributed by atoms with E-state index in [1.165, 1.54) is 206 Å². The third-order valence-electron chi connectivity index (χ3n) is 9.10. The molecule has 0 atom stereocenters. The van der Waals surface area contributed by atoms with Gasteiger partial charge in [-0.05, 0) is 32.1 Å². The standard InChI is InChI=1S/C38H75N2/c1-4-7-10-12-14-16-17-18-19-20-21-22-23-25-27-29-32-35-40-37-36-39(38(40)33-30-9-6-3)34-31-28-26-24-15-13-11-8-5-2/h36-37H,4-35H2,1-3H3/q+1. The summed E-state index contributed by atoms with van der Waals surface area (Å²) in [4.78, 5) is 0. The molecule has 0 bridgehead atoms. The van der Waals surface area contributed by atoms with Gasteiger partial charge in [0.1, 0.15) is 12.4 Å². The molecule has 40 heavy (non-hydrogen) atoms. The highest BCUT2D eigenvalue weighted by molar-refractivity contribution is 4.84. The number of hydrogen-bond acceptors (Lipinski definition) is 0. The first-order valence-corrected chi connectivity index (χ1v) is 18.9. The topological polar surface area (TPSA) is 8.81 Å². The Labute approximate surface area is 253 Å². The van der Waals surface area contributed by atoms with Crippen LogP contribution in [-0.2, 0) is 19.5 Å². The molecule has 0 aliphatic rings. The molecule has 2 heteroatoms. The molecule has 0 unspecified atom stereocenters. The number of nitrogens with zero attached hydrogens (tertiary/aromatic N) is 2. The molecule has 0 fully saturated rings. The number of hydrogen-bond donors (Lipinski definition) is 0. The Kier molecular flexibility index (Phi) is 27.6. The number of rotatable bonds is 32. The van der Waals surface area contributed by atoms with Crippen molar-refractivity contribution < 1.29 is 4.57 Å². The second-order valence-electron chi connectivity index (χ2n) is 13.0. The largest absolute Gasteiger partial charge is 0.256 e. The summed E-state index contributed by atoms with van der Waals surface area (Å²) in [5.41, 5.74) is 0. The van der Waals surface area contributed by atoms with Crippen LogP contribution in [0.2, 0.25) is 0 Å². The van der Waals surface area contributed by atoms with Gasteiger partial charge in [0.05, 0.1) is 13.1 Å². The minimum atomic E-state index is 1.23. The molecule has 0 saturated carbocycles. The zero-order chi connectivity index (χ0) is 28.8. The lowest BCUT2D eigenvalue weighted by atomic mass is 10.0. The van der Waals surface area contributed by atoms with Crippen LogP contribution in [0.25, 0.3) is 0 Å². The monoisotopic (exact) mass is 560 g/mol. The van der Waals surface area contributed by atoms with E-state index >= 15 is 0 Å². The van der Waals surface area contributed by atoms with Crippen molar-refractivity contribution in [3.05, 3.63) is 18.2 Å². The Bertz CT molecular complexity index is 619. The Balaban J connectivity index is 2.08. The number of unbranched alkanes of at least 4 members (excludes halogenated alkanes) is 26. The van der Waals surface area contributed by atoms with Crippen LogP contribution in [0.5, 0.6) is 0 Å². The van der Waals surface area contributed by atoms with Crippen molar-refractivity contribution in [3.63, 3.8) is 0 Å². The lowest BCUT2D eigenvalue weighted by Gasteiger charge is -2.07. The smallest absolute Gasteiger partial charge is 0.234 e. The van der Waals surface area contributed by atoms with Crippen molar-refractivity contribution in [2.45, 2.75) is 226 Å². The highest BCUT2D eigenvalue weighted by Gasteiger charge is 2.16. The first-order valence-electron chi connectivity index (χ1n) is 18.9. The van der Waals surface area contributed by atoms with E-state index in [-0.39, 0.29) is 0 Å². The molecule has 0 spiro atoms. The first kappa shape index (κ1) is 37.2. The average Bonchev–Trinajstić information content (AvgIpc) is 3.35. The molecular formula is C38H75N2+. The van der Waals surface area contributed by atoms with Gasteiger partial charge in [0.2, 0.25) is 0 Å². The summed E-state index contributed by atoms with van der Waals surface area (Å²) in [6, 6.07) is 0. The summed E-state index contributed by atoms with van der Waals surface area (Å²) in [6.07, 6.45) is 47.5. The molecule has 2 nitrogen and oxygen atoms in total. The van der Waals surface area contributed by atoms with E-state index in [0.29, 0.717) is 0 Å². The molecule has 0 radical (unpaired) electrons. The fourth-order valence-electron chi connectivity index (χ4n) is 6.33. The second-order valence-corrected chi connectivity index (χ2v) is 13.0. The molecule has 0 saturated heterocycles. The van der Waals surface area contributed by atoms with Crippen LogP contribution in [0, 0.1) is 0 Å². The normalized spacial score (nSPS) is 11.6. The van der Waals surface area contributed by atoms with E-state index < -0.39 is 0 Å². The van der Waals surface area contributed by atoms with Gasteiger partial charge in [0, 0.05) is 6.42 Å². The van der Waals surface area contributed by atoms with Crippen molar-refractivity contribution in [3.8, 4) is 0 Å². The van der Waals surface area contributed by atoms with Crippen molar-refractivity contribution in [2.24, 2.45) is 0 Å². The highest BCUT2D eigenvalue weighted by atomic mass is 15.1. The number of imidazole rings is 1. The number of aromatic nitrogens is 2. The van der Waals surface area contributed by atoms with Gasteiger partial charge >= 0.3 is 0 Å². The fourth-order valence-corrected chi connectivity index (χ4v) is 6.33. The molecule has 0 N–H and O–H groups in total. The molecule has 0 aliphatic carbocycles. The molecule has 1 heterocycles. The molecule has 0 amide bonds. The molecule has 1 aromatic rings. The second kappa shape index (κ2) is 29.7.